The number of benzene rings is 1. The van der Waals surface area contributed by atoms with Crippen molar-refractivity contribution in [3.05, 3.63) is 30.1 Å². The van der Waals surface area contributed by atoms with Crippen LogP contribution in [0.1, 0.15) is 0 Å². The molecule has 88 valence electrons. The predicted molar refractivity (Wildman–Crippen MR) is 58.6 cm³/mol. The second kappa shape index (κ2) is 4.00. The van der Waals surface area contributed by atoms with Crippen LogP contribution in [0.5, 0.6) is 0 Å². The molecule has 1 fully saturated rings. The van der Waals surface area contributed by atoms with E-state index in [9.17, 15) is 12.8 Å². The molecular formula is C9H12FN3O2S. The Kier molecular flexibility index (Phi) is 2.83. The summed E-state index contributed by atoms with van der Waals surface area (Å²) in [4.78, 5) is 0. The van der Waals surface area contributed by atoms with E-state index < -0.39 is 16.0 Å². The van der Waals surface area contributed by atoms with Crippen LogP contribution in [0.4, 0.5) is 10.1 Å². The molecule has 1 aromatic carbocycles. The number of rotatable bonds is 2. The van der Waals surface area contributed by atoms with E-state index in [1.54, 1.807) is 0 Å². The lowest BCUT2D eigenvalue weighted by Crippen LogP contribution is -2.33. The minimum absolute atomic E-state index is 0.233. The highest BCUT2D eigenvalue weighted by atomic mass is 32.2. The molecule has 7 heteroatoms. The Balaban J connectivity index is 2.31. The zero-order valence-electron chi connectivity index (χ0n) is 8.43. The van der Waals surface area contributed by atoms with E-state index in [0.29, 0.717) is 5.69 Å². The van der Waals surface area contributed by atoms with E-state index in [1.165, 1.54) is 28.6 Å². The van der Waals surface area contributed by atoms with Crippen molar-refractivity contribution in [1.29, 1.82) is 0 Å². The van der Waals surface area contributed by atoms with Crippen LogP contribution in [0.25, 0.3) is 0 Å². The van der Waals surface area contributed by atoms with Gasteiger partial charge in [0.25, 0.3) is 0 Å². The molecule has 0 bridgehead atoms. The third kappa shape index (κ3) is 2.01. The SMILES string of the molecule is NCC1CN(c2ccc(F)cc2)S(=O)(=O)N1. The number of anilines is 1. The highest BCUT2D eigenvalue weighted by Gasteiger charge is 2.34. The van der Waals surface area contributed by atoms with Gasteiger partial charge in [-0.15, -0.1) is 0 Å². The monoisotopic (exact) mass is 245 g/mol. The fourth-order valence-electron chi connectivity index (χ4n) is 1.58. The van der Waals surface area contributed by atoms with Gasteiger partial charge in [-0.3, -0.25) is 4.31 Å². The number of nitrogens with one attached hydrogen (secondary N) is 1. The molecule has 0 aliphatic carbocycles. The van der Waals surface area contributed by atoms with Crippen LogP contribution < -0.4 is 14.8 Å². The predicted octanol–water partition coefficient (Wildman–Crippen LogP) is -0.193. The summed E-state index contributed by atoms with van der Waals surface area (Å²) in [6, 6.07) is 5.00. The van der Waals surface area contributed by atoms with Gasteiger partial charge in [0.2, 0.25) is 0 Å². The Labute approximate surface area is 93.2 Å². The molecule has 1 unspecified atom stereocenters. The van der Waals surface area contributed by atoms with Gasteiger partial charge in [0, 0.05) is 6.54 Å². The normalized spacial score (nSPS) is 23.6. The minimum atomic E-state index is -3.53. The maximum absolute atomic E-state index is 12.7. The molecule has 1 aromatic rings. The number of hydrogen-bond acceptors (Lipinski definition) is 3. The molecule has 1 aliphatic heterocycles. The van der Waals surface area contributed by atoms with E-state index in [0.717, 1.165) is 0 Å². The standard InChI is InChI=1S/C9H12FN3O2S/c10-7-1-3-9(4-2-7)13-6-8(5-11)12-16(13,14)15/h1-4,8,12H,5-6,11H2. The summed E-state index contributed by atoms with van der Waals surface area (Å²) in [6.07, 6.45) is 0. The first-order chi connectivity index (χ1) is 7.53. The second-order valence-corrected chi connectivity index (χ2v) is 5.19. The second-order valence-electron chi connectivity index (χ2n) is 3.56. The van der Waals surface area contributed by atoms with Crippen LogP contribution in [0.3, 0.4) is 0 Å². The highest BCUT2D eigenvalue weighted by molar-refractivity contribution is 7.91. The van der Waals surface area contributed by atoms with E-state index in [2.05, 4.69) is 4.72 Å². The van der Waals surface area contributed by atoms with Gasteiger partial charge in [0.15, 0.2) is 0 Å². The molecular weight excluding hydrogens is 233 g/mol. The van der Waals surface area contributed by atoms with E-state index in [1.807, 2.05) is 0 Å². The first kappa shape index (κ1) is 11.3. The molecule has 5 nitrogen and oxygen atoms in total. The molecule has 16 heavy (non-hydrogen) atoms. The van der Waals surface area contributed by atoms with Gasteiger partial charge in [-0.25, -0.2) is 4.39 Å². The topological polar surface area (TPSA) is 75.4 Å². The number of nitrogens with two attached hydrogens (primary N) is 1. The van der Waals surface area contributed by atoms with Gasteiger partial charge in [0.05, 0.1) is 18.3 Å². The van der Waals surface area contributed by atoms with E-state index in [-0.39, 0.29) is 19.1 Å². The van der Waals surface area contributed by atoms with Crippen molar-refractivity contribution >= 4 is 15.9 Å². The van der Waals surface area contributed by atoms with E-state index in [4.69, 9.17) is 5.73 Å². The van der Waals surface area contributed by atoms with Crippen LogP contribution in [0, 0.1) is 5.82 Å². The third-order valence-electron chi connectivity index (χ3n) is 2.39. The number of halogens is 1. The summed E-state index contributed by atoms with van der Waals surface area (Å²) in [5.74, 6) is -0.399. The lowest BCUT2D eigenvalue weighted by Gasteiger charge is -2.15. The van der Waals surface area contributed by atoms with Crippen molar-refractivity contribution in [2.75, 3.05) is 17.4 Å². The Morgan fingerprint density at radius 1 is 1.44 bits per heavy atom. The molecule has 3 N–H and O–H groups in total. The number of hydrogen-bond donors (Lipinski definition) is 2. The molecule has 0 saturated carbocycles. The Hall–Kier alpha value is -1.18. The smallest absolute Gasteiger partial charge is 0.301 e. The molecule has 0 amide bonds. The number of nitrogens with zero attached hydrogens (tertiary/aromatic N) is 1. The van der Waals surface area contributed by atoms with Crippen LogP contribution >= 0.6 is 0 Å². The maximum Gasteiger partial charge on any atom is 0.301 e. The average molecular weight is 245 g/mol. The van der Waals surface area contributed by atoms with E-state index >= 15 is 0 Å². The van der Waals surface area contributed by atoms with Crippen LogP contribution in [-0.2, 0) is 10.2 Å². The first-order valence-electron chi connectivity index (χ1n) is 4.78. The fraction of sp³-hybridized carbons (Fsp3) is 0.333. The van der Waals surface area contributed by atoms with Crippen LogP contribution in [0.15, 0.2) is 24.3 Å². The first-order valence-corrected chi connectivity index (χ1v) is 6.22. The van der Waals surface area contributed by atoms with Crippen molar-refractivity contribution in [1.82, 2.24) is 4.72 Å². The molecule has 1 saturated heterocycles. The van der Waals surface area contributed by atoms with Gasteiger partial charge in [0.1, 0.15) is 5.82 Å². The Morgan fingerprint density at radius 2 is 2.06 bits per heavy atom. The Bertz CT molecular complexity index is 474. The largest absolute Gasteiger partial charge is 0.329 e. The van der Waals surface area contributed by atoms with Crippen molar-refractivity contribution in [3.63, 3.8) is 0 Å². The van der Waals surface area contributed by atoms with Gasteiger partial charge in [-0.05, 0) is 24.3 Å². The average Bonchev–Trinajstić information content (AvgIpc) is 2.55. The van der Waals surface area contributed by atoms with Crippen LogP contribution in [0.2, 0.25) is 0 Å². The van der Waals surface area contributed by atoms with Gasteiger partial charge in [-0.1, -0.05) is 0 Å². The van der Waals surface area contributed by atoms with Crippen molar-refractivity contribution in [2.45, 2.75) is 6.04 Å². The lowest BCUT2D eigenvalue weighted by atomic mass is 10.2. The molecule has 0 radical (unpaired) electrons. The zero-order valence-corrected chi connectivity index (χ0v) is 9.24. The zero-order chi connectivity index (χ0) is 11.8. The maximum atomic E-state index is 12.7. The summed E-state index contributed by atoms with van der Waals surface area (Å²) in [5, 5.41) is 0. The molecule has 0 aromatic heterocycles. The molecule has 1 heterocycles. The molecule has 1 aliphatic rings. The Morgan fingerprint density at radius 3 is 2.56 bits per heavy atom. The fourth-order valence-corrected chi connectivity index (χ4v) is 3.08. The molecule has 1 atom stereocenters. The summed E-state index contributed by atoms with van der Waals surface area (Å²) >= 11 is 0. The van der Waals surface area contributed by atoms with Gasteiger partial charge >= 0.3 is 10.2 Å². The summed E-state index contributed by atoms with van der Waals surface area (Å²) in [7, 11) is -3.53. The summed E-state index contributed by atoms with van der Waals surface area (Å²) in [6.45, 7) is 0.501. The summed E-state index contributed by atoms with van der Waals surface area (Å²) in [5.41, 5.74) is 5.84. The summed E-state index contributed by atoms with van der Waals surface area (Å²) < 4.78 is 39.7. The van der Waals surface area contributed by atoms with Crippen LogP contribution in [-0.4, -0.2) is 27.5 Å². The van der Waals surface area contributed by atoms with Crippen molar-refractivity contribution < 1.29 is 12.8 Å². The van der Waals surface area contributed by atoms with Crippen molar-refractivity contribution in [3.8, 4) is 0 Å². The van der Waals surface area contributed by atoms with Gasteiger partial charge < -0.3 is 5.73 Å². The lowest BCUT2D eigenvalue weighted by molar-refractivity contribution is 0.583. The quantitative estimate of drug-likeness (QED) is 0.758. The minimum Gasteiger partial charge on any atom is -0.329 e. The molecule has 2 rings (SSSR count). The molecule has 0 spiro atoms. The van der Waals surface area contributed by atoms with Crippen molar-refractivity contribution in [2.24, 2.45) is 5.73 Å². The highest BCUT2D eigenvalue weighted by Crippen LogP contribution is 2.21. The van der Waals surface area contributed by atoms with Gasteiger partial charge in [-0.2, -0.15) is 13.1 Å². The third-order valence-corrected chi connectivity index (χ3v) is 3.96.